The average molecular weight is 357 g/mol. The molecule has 0 aliphatic carbocycles. The third kappa shape index (κ3) is 3.97. The lowest BCUT2D eigenvalue weighted by atomic mass is 9.87. The first-order chi connectivity index (χ1) is 11.9. The van der Waals surface area contributed by atoms with Crippen LogP contribution in [0.4, 0.5) is 5.69 Å². The van der Waals surface area contributed by atoms with Crippen molar-refractivity contribution in [3.8, 4) is 5.75 Å². The number of hydrogen-bond acceptors (Lipinski definition) is 3. The lowest BCUT2D eigenvalue weighted by Gasteiger charge is -2.38. The van der Waals surface area contributed by atoms with Crippen LogP contribution in [-0.2, 0) is 11.2 Å². The van der Waals surface area contributed by atoms with Gasteiger partial charge in [-0.3, -0.25) is 4.79 Å². The molecule has 0 saturated carbocycles. The smallest absolute Gasteiger partial charge is 0.228 e. The molecule has 0 radical (unpaired) electrons. The topological polar surface area (TPSA) is 61.4 Å². The van der Waals surface area contributed by atoms with Crippen LogP contribution in [-0.4, -0.2) is 16.6 Å². The number of nitrogens with one attached hydrogen (secondary N) is 2. The molecular formula is C20H21ClN2O2. The zero-order chi connectivity index (χ0) is 18.0. The van der Waals surface area contributed by atoms with Crippen LogP contribution in [0.5, 0.6) is 5.75 Å². The maximum absolute atomic E-state index is 12.3. The molecule has 1 amide bonds. The third-order valence-corrected chi connectivity index (χ3v) is 4.70. The number of phenols is 1. The Bertz CT molecular complexity index is 847. The van der Waals surface area contributed by atoms with Crippen molar-refractivity contribution in [1.29, 1.82) is 0 Å². The summed E-state index contributed by atoms with van der Waals surface area (Å²) in [5.41, 5.74) is 3.39. The van der Waals surface area contributed by atoms with Gasteiger partial charge in [-0.25, -0.2) is 0 Å². The molecule has 2 aromatic carbocycles. The Hall–Kier alpha value is -2.46. The molecule has 130 valence electrons. The van der Waals surface area contributed by atoms with Gasteiger partial charge >= 0.3 is 0 Å². The molecule has 1 unspecified atom stereocenters. The number of halogens is 1. The number of anilines is 1. The van der Waals surface area contributed by atoms with Crippen molar-refractivity contribution < 1.29 is 9.90 Å². The molecule has 4 nitrogen and oxygen atoms in total. The molecule has 3 N–H and O–H groups in total. The number of phenolic OH excluding ortho intramolecular Hbond substituents is 1. The van der Waals surface area contributed by atoms with Crippen LogP contribution in [0.15, 0.2) is 48.5 Å². The summed E-state index contributed by atoms with van der Waals surface area (Å²) in [6.07, 6.45) is 3.29. The lowest BCUT2D eigenvalue weighted by Crippen LogP contribution is -2.46. The van der Waals surface area contributed by atoms with Crippen molar-refractivity contribution in [2.45, 2.75) is 32.2 Å². The van der Waals surface area contributed by atoms with Gasteiger partial charge in [0.25, 0.3) is 0 Å². The van der Waals surface area contributed by atoms with Gasteiger partial charge in [-0.2, -0.15) is 0 Å². The average Bonchev–Trinajstić information content (AvgIpc) is 2.55. The van der Waals surface area contributed by atoms with E-state index in [4.69, 9.17) is 11.6 Å². The summed E-state index contributed by atoms with van der Waals surface area (Å²) in [4.78, 5) is 12.3. The van der Waals surface area contributed by atoms with Crippen LogP contribution in [0.1, 0.15) is 31.4 Å². The van der Waals surface area contributed by atoms with Crippen molar-refractivity contribution in [3.63, 3.8) is 0 Å². The van der Waals surface area contributed by atoms with E-state index >= 15 is 0 Å². The Balaban J connectivity index is 1.69. The summed E-state index contributed by atoms with van der Waals surface area (Å²) in [5.74, 6) is -0.139. The van der Waals surface area contributed by atoms with E-state index in [0.29, 0.717) is 10.6 Å². The minimum Gasteiger partial charge on any atom is -0.508 e. The molecule has 1 heterocycles. The number of hydrogen-bond donors (Lipinski definition) is 3. The minimum atomic E-state index is -0.205. The van der Waals surface area contributed by atoms with Gasteiger partial charge in [0.1, 0.15) is 5.75 Å². The Morgan fingerprint density at radius 2 is 2.04 bits per heavy atom. The second-order valence-electron chi connectivity index (χ2n) is 6.53. The lowest BCUT2D eigenvalue weighted by molar-refractivity contribution is -0.115. The first-order valence-corrected chi connectivity index (χ1v) is 8.65. The van der Waals surface area contributed by atoms with Crippen LogP contribution in [0.3, 0.4) is 0 Å². The number of aromatic hydroxyl groups is 1. The number of amides is 1. The van der Waals surface area contributed by atoms with Gasteiger partial charge < -0.3 is 15.7 Å². The van der Waals surface area contributed by atoms with E-state index in [2.05, 4.69) is 30.6 Å². The molecule has 5 heteroatoms. The second-order valence-corrected chi connectivity index (χ2v) is 6.97. The van der Waals surface area contributed by atoms with Crippen LogP contribution < -0.4 is 10.6 Å². The number of benzene rings is 2. The maximum atomic E-state index is 12.3. The fraction of sp³-hybridized carbons (Fsp3) is 0.250. The highest BCUT2D eigenvalue weighted by atomic mass is 35.5. The Labute approximate surface area is 152 Å². The van der Waals surface area contributed by atoms with Crippen molar-refractivity contribution in [2.24, 2.45) is 0 Å². The van der Waals surface area contributed by atoms with Crippen LogP contribution in [0.25, 0.3) is 5.70 Å². The zero-order valence-corrected chi connectivity index (χ0v) is 15.0. The molecule has 0 fully saturated rings. The predicted octanol–water partition coefficient (Wildman–Crippen LogP) is 4.34. The summed E-state index contributed by atoms with van der Waals surface area (Å²) in [5, 5.41) is 16.6. The summed E-state index contributed by atoms with van der Waals surface area (Å²) < 4.78 is 0. The second kappa shape index (κ2) is 6.81. The monoisotopic (exact) mass is 356 g/mol. The standard InChI is InChI=1S/C20H21ClN2O2/c1-3-20(2)12-17(23-20)13-5-4-6-16(10-13)22-19(25)11-14-9-15(21)7-8-18(14)24/h4-10,12,23-24H,3,11H2,1-2H3,(H,22,25). The van der Waals surface area contributed by atoms with Crippen LogP contribution in [0.2, 0.25) is 5.02 Å². The largest absolute Gasteiger partial charge is 0.508 e. The Kier molecular flexibility index (Phi) is 4.73. The van der Waals surface area contributed by atoms with Gasteiger partial charge in [0.2, 0.25) is 5.91 Å². The summed E-state index contributed by atoms with van der Waals surface area (Å²) in [6.45, 7) is 4.29. The molecule has 1 atom stereocenters. The summed E-state index contributed by atoms with van der Waals surface area (Å²) in [7, 11) is 0. The normalized spacial score (nSPS) is 18.8. The Morgan fingerprint density at radius 1 is 1.28 bits per heavy atom. The molecule has 1 aliphatic heterocycles. The van der Waals surface area contributed by atoms with Crippen LogP contribution in [0, 0.1) is 0 Å². The molecule has 0 spiro atoms. The van der Waals surface area contributed by atoms with Crippen molar-refractivity contribution in [2.75, 3.05) is 5.32 Å². The molecule has 0 bridgehead atoms. The number of rotatable bonds is 5. The van der Waals surface area contributed by atoms with Crippen molar-refractivity contribution in [1.82, 2.24) is 5.32 Å². The molecular weight excluding hydrogens is 336 g/mol. The molecule has 1 aliphatic rings. The maximum Gasteiger partial charge on any atom is 0.228 e. The Morgan fingerprint density at radius 3 is 2.76 bits per heavy atom. The molecule has 25 heavy (non-hydrogen) atoms. The van der Waals surface area contributed by atoms with Crippen molar-refractivity contribution in [3.05, 3.63) is 64.7 Å². The highest BCUT2D eigenvalue weighted by Gasteiger charge is 2.29. The van der Waals surface area contributed by atoms with E-state index in [-0.39, 0.29) is 23.6 Å². The van der Waals surface area contributed by atoms with Crippen LogP contribution >= 0.6 is 11.6 Å². The fourth-order valence-corrected chi connectivity index (χ4v) is 3.00. The van der Waals surface area contributed by atoms with E-state index in [1.807, 2.05) is 24.3 Å². The van der Waals surface area contributed by atoms with Gasteiger partial charge in [-0.15, -0.1) is 0 Å². The van der Waals surface area contributed by atoms with E-state index in [1.165, 1.54) is 6.07 Å². The van der Waals surface area contributed by atoms with E-state index < -0.39 is 0 Å². The molecule has 3 rings (SSSR count). The van der Waals surface area contributed by atoms with Crippen molar-refractivity contribution >= 4 is 28.9 Å². The molecule has 0 aromatic heterocycles. The first-order valence-electron chi connectivity index (χ1n) is 8.27. The summed E-state index contributed by atoms with van der Waals surface area (Å²) >= 11 is 5.92. The van der Waals surface area contributed by atoms with E-state index in [9.17, 15) is 9.90 Å². The zero-order valence-electron chi connectivity index (χ0n) is 14.3. The van der Waals surface area contributed by atoms with Gasteiger partial charge in [0, 0.05) is 22.0 Å². The SMILES string of the molecule is CCC1(C)C=C(c2cccc(NC(=O)Cc3cc(Cl)ccc3O)c2)N1. The van der Waals surface area contributed by atoms with Gasteiger partial charge in [-0.1, -0.05) is 30.7 Å². The fourth-order valence-electron chi connectivity index (χ4n) is 2.80. The quantitative estimate of drug-likeness (QED) is 0.746. The van der Waals surface area contributed by atoms with Gasteiger partial charge in [-0.05, 0) is 55.3 Å². The van der Waals surface area contributed by atoms with E-state index in [1.54, 1.807) is 12.1 Å². The predicted molar refractivity (Wildman–Crippen MR) is 102 cm³/mol. The minimum absolute atomic E-state index is 0.0543. The third-order valence-electron chi connectivity index (χ3n) is 4.47. The highest BCUT2D eigenvalue weighted by molar-refractivity contribution is 6.30. The molecule has 0 saturated heterocycles. The number of carbonyl (C=O) groups excluding carboxylic acids is 1. The van der Waals surface area contributed by atoms with Gasteiger partial charge in [0.15, 0.2) is 0 Å². The number of carbonyl (C=O) groups is 1. The first kappa shape index (κ1) is 17.4. The highest BCUT2D eigenvalue weighted by Crippen LogP contribution is 2.31. The summed E-state index contributed by atoms with van der Waals surface area (Å²) in [6, 6.07) is 12.4. The molecule has 2 aromatic rings. The van der Waals surface area contributed by atoms with Gasteiger partial charge in [0.05, 0.1) is 12.0 Å². The van der Waals surface area contributed by atoms with E-state index in [0.717, 1.165) is 23.4 Å².